The van der Waals surface area contributed by atoms with E-state index in [9.17, 15) is 29.7 Å². The van der Waals surface area contributed by atoms with Crippen LogP contribution in [0.3, 0.4) is 0 Å². The van der Waals surface area contributed by atoms with E-state index in [0.717, 1.165) is 0 Å². The molecule has 30 heavy (non-hydrogen) atoms. The van der Waals surface area contributed by atoms with Gasteiger partial charge in [0.15, 0.2) is 5.78 Å². The molecule has 0 heterocycles. The number of phenolic OH excluding ortho intramolecular Hbond substituents is 2. The van der Waals surface area contributed by atoms with Gasteiger partial charge in [-0.3, -0.25) is 14.4 Å². The lowest BCUT2D eigenvalue weighted by molar-refractivity contribution is -0.123. The highest BCUT2D eigenvalue weighted by Gasteiger charge is 2.46. The first kappa shape index (κ1) is 21.8. The van der Waals surface area contributed by atoms with E-state index in [1.807, 2.05) is 0 Å². The lowest BCUT2D eigenvalue weighted by atomic mass is 9.71. The average molecular weight is 434 g/mol. The zero-order chi connectivity index (χ0) is 21.2. The van der Waals surface area contributed by atoms with Gasteiger partial charge in [0, 0.05) is 29.5 Å². The highest BCUT2D eigenvalue weighted by atomic mass is 35.5. The molecule has 0 fully saturated rings. The molecular weight excluding hydrogens is 414 g/mol. The van der Waals surface area contributed by atoms with Crippen molar-refractivity contribution in [1.29, 1.82) is 0 Å². The van der Waals surface area contributed by atoms with E-state index in [0.29, 0.717) is 0 Å². The molecular formula is C21H20ClNO7. The predicted octanol–water partition coefficient (Wildman–Crippen LogP) is 1.57. The minimum atomic E-state index is -1.47. The Morgan fingerprint density at radius 3 is 2.37 bits per heavy atom. The molecule has 2 aliphatic carbocycles. The second-order valence-electron chi connectivity index (χ2n) is 7.49. The molecule has 0 spiro atoms. The summed E-state index contributed by atoms with van der Waals surface area (Å²) in [6.07, 6.45) is -1.77. The summed E-state index contributed by atoms with van der Waals surface area (Å²) in [5.74, 6) is -2.79. The van der Waals surface area contributed by atoms with Crippen molar-refractivity contribution in [1.82, 2.24) is 0 Å². The third-order valence-corrected chi connectivity index (χ3v) is 5.85. The Bertz CT molecular complexity index is 1130. The summed E-state index contributed by atoms with van der Waals surface area (Å²) in [5.41, 5.74) is 3.78. The number of ketones is 3. The number of aromatic hydroxyl groups is 2. The monoisotopic (exact) mass is 433 g/mol. The van der Waals surface area contributed by atoms with Gasteiger partial charge >= 0.3 is 0 Å². The van der Waals surface area contributed by atoms with E-state index in [1.165, 1.54) is 32.2 Å². The Morgan fingerprint density at radius 1 is 1.13 bits per heavy atom. The molecule has 8 nitrogen and oxygen atoms in total. The first-order valence-electron chi connectivity index (χ1n) is 8.97. The fraction of sp³-hybridized carbons (Fsp3) is 0.286. The minimum Gasteiger partial charge on any atom is -0.507 e. The quantitative estimate of drug-likeness (QED) is 0.445. The van der Waals surface area contributed by atoms with Crippen molar-refractivity contribution < 1.29 is 34.4 Å². The summed E-state index contributed by atoms with van der Waals surface area (Å²) in [4.78, 5) is 38.3. The lowest BCUT2D eigenvalue weighted by Crippen LogP contribution is -2.52. The maximum atomic E-state index is 13.2. The van der Waals surface area contributed by atoms with Crippen molar-refractivity contribution in [2.24, 2.45) is 5.73 Å². The molecule has 5 N–H and O–H groups in total. The van der Waals surface area contributed by atoms with Crippen LogP contribution in [0.4, 0.5) is 0 Å². The van der Waals surface area contributed by atoms with E-state index >= 15 is 0 Å². The highest BCUT2D eigenvalue weighted by molar-refractivity contribution is 6.31. The number of hydrogen-bond acceptors (Lipinski definition) is 8. The number of rotatable bonds is 2. The van der Waals surface area contributed by atoms with Gasteiger partial charge < -0.3 is 25.8 Å². The number of nitrogens with two attached hydrogens (primary N) is 1. The van der Waals surface area contributed by atoms with Crippen LogP contribution in [0.25, 0.3) is 0 Å². The molecule has 0 amide bonds. The number of aliphatic hydroxyl groups excluding tert-OH is 1. The smallest absolute Gasteiger partial charge is 0.202 e. The van der Waals surface area contributed by atoms with Crippen molar-refractivity contribution in [2.45, 2.75) is 31.4 Å². The predicted molar refractivity (Wildman–Crippen MR) is 108 cm³/mol. The number of phenols is 2. The van der Waals surface area contributed by atoms with Gasteiger partial charge in [-0.15, -0.1) is 12.4 Å². The molecule has 0 saturated carbocycles. The second kappa shape index (κ2) is 7.09. The summed E-state index contributed by atoms with van der Waals surface area (Å²) in [5, 5.41) is 32.3. The van der Waals surface area contributed by atoms with Crippen LogP contribution in [0.2, 0.25) is 0 Å². The fourth-order valence-electron chi connectivity index (χ4n) is 4.26. The molecule has 0 unspecified atom stereocenters. The Kier molecular flexibility index (Phi) is 5.14. The maximum Gasteiger partial charge on any atom is 0.202 e. The molecule has 2 aliphatic rings. The maximum absolute atomic E-state index is 13.2. The molecule has 158 valence electrons. The van der Waals surface area contributed by atoms with Gasteiger partial charge in [0.1, 0.15) is 23.0 Å². The standard InChI is InChI=1S/C21H19NO7.ClH/c1-8(23)21(22)6-10-13(11(24)7-21)19(27)15-16(18(10)26)20(28)14-9(17(15)25)4-3-5-12(14)29-2;/h3-5,11,24,26-27H,6-7,22H2,1-2H3;1H/t11-,21-;/m0./s1. The van der Waals surface area contributed by atoms with Crippen LogP contribution in [-0.4, -0.2) is 45.3 Å². The van der Waals surface area contributed by atoms with Crippen molar-refractivity contribution in [2.75, 3.05) is 7.11 Å². The van der Waals surface area contributed by atoms with Crippen molar-refractivity contribution in [3.8, 4) is 17.2 Å². The van der Waals surface area contributed by atoms with Gasteiger partial charge in [0.05, 0.1) is 35.4 Å². The molecule has 0 bridgehead atoms. The van der Waals surface area contributed by atoms with E-state index in [-0.39, 0.29) is 64.4 Å². The third-order valence-electron chi connectivity index (χ3n) is 5.85. The number of carbonyl (C=O) groups excluding carboxylic acids is 3. The zero-order valence-corrected chi connectivity index (χ0v) is 17.0. The molecule has 2 aromatic carbocycles. The van der Waals surface area contributed by atoms with Gasteiger partial charge in [-0.05, 0) is 13.0 Å². The number of fused-ring (bicyclic) bond motifs is 3. The number of carbonyl (C=O) groups is 3. The van der Waals surface area contributed by atoms with Crippen LogP contribution in [-0.2, 0) is 11.2 Å². The van der Waals surface area contributed by atoms with Crippen LogP contribution in [0, 0.1) is 0 Å². The van der Waals surface area contributed by atoms with Crippen molar-refractivity contribution in [3.63, 3.8) is 0 Å². The van der Waals surface area contributed by atoms with Crippen molar-refractivity contribution >= 4 is 29.8 Å². The SMILES string of the molecule is COc1cccc2c1C(=O)c1c(O)c3c(c(O)c1C2=O)[C@@H](O)C[C@](N)(C(C)=O)C3.Cl. The Morgan fingerprint density at radius 2 is 1.77 bits per heavy atom. The van der Waals surface area contributed by atoms with Crippen molar-refractivity contribution in [3.05, 3.63) is 51.6 Å². The summed E-state index contributed by atoms with van der Waals surface area (Å²) >= 11 is 0. The van der Waals surface area contributed by atoms with Crippen LogP contribution < -0.4 is 10.5 Å². The number of benzene rings is 2. The molecule has 0 radical (unpaired) electrons. The van der Waals surface area contributed by atoms with Gasteiger partial charge in [-0.2, -0.15) is 0 Å². The number of hydrogen-bond donors (Lipinski definition) is 4. The molecule has 0 saturated heterocycles. The van der Waals surface area contributed by atoms with Crippen LogP contribution in [0.1, 0.15) is 62.4 Å². The Labute approximate surface area is 177 Å². The minimum absolute atomic E-state index is 0. The van der Waals surface area contributed by atoms with Crippen LogP contribution in [0.15, 0.2) is 18.2 Å². The first-order valence-corrected chi connectivity index (χ1v) is 8.97. The molecule has 4 rings (SSSR count). The van der Waals surface area contributed by atoms with E-state index in [4.69, 9.17) is 10.5 Å². The molecule has 2 aromatic rings. The number of methoxy groups -OCH3 is 1. The number of halogens is 1. The first-order chi connectivity index (χ1) is 13.6. The normalized spacial score (nSPS) is 21.8. The molecule has 2 atom stereocenters. The van der Waals surface area contributed by atoms with E-state index in [2.05, 4.69) is 0 Å². The average Bonchev–Trinajstić information content (AvgIpc) is 2.67. The topological polar surface area (TPSA) is 147 Å². The Balaban J connectivity index is 0.00000256. The second-order valence-corrected chi connectivity index (χ2v) is 7.49. The summed E-state index contributed by atoms with van der Waals surface area (Å²) in [6, 6.07) is 4.47. The van der Waals surface area contributed by atoms with E-state index in [1.54, 1.807) is 0 Å². The Hall–Kier alpha value is -2.94. The number of Topliss-reactive ketones (excluding diaryl/α,β-unsaturated/α-hetero) is 1. The summed E-state index contributed by atoms with van der Waals surface area (Å²) in [7, 11) is 1.35. The van der Waals surface area contributed by atoms with Gasteiger partial charge in [-0.1, -0.05) is 12.1 Å². The fourth-order valence-corrected chi connectivity index (χ4v) is 4.26. The van der Waals surface area contributed by atoms with Gasteiger partial charge in [-0.25, -0.2) is 0 Å². The third kappa shape index (κ3) is 2.72. The summed E-state index contributed by atoms with van der Waals surface area (Å²) in [6.45, 7) is 1.27. The van der Waals surface area contributed by atoms with E-state index < -0.39 is 40.5 Å². The van der Waals surface area contributed by atoms with Crippen LogP contribution in [0.5, 0.6) is 17.2 Å². The number of ether oxygens (including phenoxy) is 1. The highest BCUT2D eigenvalue weighted by Crippen LogP contribution is 2.50. The molecule has 0 aliphatic heterocycles. The lowest BCUT2D eigenvalue weighted by Gasteiger charge is -2.37. The number of aliphatic hydroxyl groups is 1. The van der Waals surface area contributed by atoms with Gasteiger partial charge in [0.25, 0.3) is 0 Å². The van der Waals surface area contributed by atoms with Crippen LogP contribution >= 0.6 is 12.4 Å². The summed E-state index contributed by atoms with van der Waals surface area (Å²) < 4.78 is 5.19. The molecule has 9 heteroatoms. The largest absolute Gasteiger partial charge is 0.507 e. The molecule has 0 aromatic heterocycles. The zero-order valence-electron chi connectivity index (χ0n) is 16.2. The van der Waals surface area contributed by atoms with Gasteiger partial charge in [0.2, 0.25) is 5.78 Å².